The first kappa shape index (κ1) is 15.6. The highest BCUT2D eigenvalue weighted by Gasteiger charge is 2.21. The normalized spacial score (nSPS) is 12.2. The largest absolute Gasteiger partial charge is 0.480 e. The van der Waals surface area contributed by atoms with Gasteiger partial charge in [-0.15, -0.1) is 0 Å². The van der Waals surface area contributed by atoms with Crippen molar-refractivity contribution < 1.29 is 14.8 Å². The lowest BCUT2D eigenvalue weighted by molar-refractivity contribution is -0.384. The van der Waals surface area contributed by atoms with Crippen LogP contribution in [0.5, 0.6) is 0 Å². The van der Waals surface area contributed by atoms with Crippen molar-refractivity contribution in [2.24, 2.45) is 5.73 Å². The van der Waals surface area contributed by atoms with Crippen LogP contribution in [-0.4, -0.2) is 31.4 Å². The first-order chi connectivity index (χ1) is 11.5. The van der Waals surface area contributed by atoms with Crippen LogP contribution in [0.15, 0.2) is 48.7 Å². The summed E-state index contributed by atoms with van der Waals surface area (Å²) in [4.78, 5) is 26.1. The topological polar surface area (TPSA) is 124 Å². The fraction of sp³-hybridized carbons (Fsp3) is 0.125. The highest BCUT2D eigenvalue weighted by Crippen LogP contribution is 2.28. The molecule has 0 fully saturated rings. The van der Waals surface area contributed by atoms with E-state index in [1.807, 2.05) is 0 Å². The highest BCUT2D eigenvalue weighted by atomic mass is 16.6. The molecule has 1 atom stereocenters. The SMILES string of the molecule is NC(Cc1c(-c2cccc([N+](=O)[O-])c2)nc2ccccn12)C(=O)O. The number of nitro benzene ring substituents is 1. The van der Waals surface area contributed by atoms with E-state index in [-0.39, 0.29) is 12.1 Å². The van der Waals surface area contributed by atoms with Crippen LogP contribution < -0.4 is 5.73 Å². The summed E-state index contributed by atoms with van der Waals surface area (Å²) >= 11 is 0. The van der Waals surface area contributed by atoms with Gasteiger partial charge < -0.3 is 15.2 Å². The molecule has 0 saturated heterocycles. The second-order valence-corrected chi connectivity index (χ2v) is 5.29. The molecule has 0 amide bonds. The van der Waals surface area contributed by atoms with E-state index in [0.29, 0.717) is 22.6 Å². The van der Waals surface area contributed by atoms with Crippen molar-refractivity contribution in [3.05, 3.63) is 64.5 Å². The van der Waals surface area contributed by atoms with Gasteiger partial charge in [-0.25, -0.2) is 4.98 Å². The maximum absolute atomic E-state index is 11.1. The second-order valence-electron chi connectivity index (χ2n) is 5.29. The molecule has 2 heterocycles. The Morgan fingerprint density at radius 2 is 2.12 bits per heavy atom. The van der Waals surface area contributed by atoms with Crippen molar-refractivity contribution in [2.75, 3.05) is 0 Å². The predicted molar refractivity (Wildman–Crippen MR) is 86.6 cm³/mol. The molecular weight excluding hydrogens is 312 g/mol. The summed E-state index contributed by atoms with van der Waals surface area (Å²) < 4.78 is 1.75. The number of aromatic nitrogens is 2. The van der Waals surface area contributed by atoms with Crippen LogP contribution >= 0.6 is 0 Å². The molecule has 0 radical (unpaired) electrons. The van der Waals surface area contributed by atoms with Gasteiger partial charge in [0.2, 0.25) is 0 Å². The number of carbonyl (C=O) groups is 1. The average molecular weight is 326 g/mol. The number of fused-ring (bicyclic) bond motifs is 1. The number of benzene rings is 1. The van der Waals surface area contributed by atoms with E-state index in [2.05, 4.69) is 4.98 Å². The summed E-state index contributed by atoms with van der Waals surface area (Å²) in [5.74, 6) is -1.12. The predicted octanol–water partition coefficient (Wildman–Crippen LogP) is 1.86. The molecule has 0 spiro atoms. The van der Waals surface area contributed by atoms with Crippen LogP contribution in [0.2, 0.25) is 0 Å². The molecule has 2 aromatic heterocycles. The molecule has 1 aromatic carbocycles. The summed E-state index contributed by atoms with van der Waals surface area (Å²) in [6, 6.07) is 10.4. The zero-order valence-electron chi connectivity index (χ0n) is 12.5. The maximum Gasteiger partial charge on any atom is 0.320 e. The Kier molecular flexibility index (Phi) is 3.97. The standard InChI is InChI=1S/C16H14N4O4/c17-12(16(21)22)9-13-15(18-14-6-1-2-7-19(13)14)10-4-3-5-11(8-10)20(23)24/h1-8,12H,9,17H2,(H,21,22). The second kappa shape index (κ2) is 6.09. The number of rotatable bonds is 5. The minimum Gasteiger partial charge on any atom is -0.480 e. The summed E-state index contributed by atoms with van der Waals surface area (Å²) in [6.07, 6.45) is 1.81. The van der Waals surface area contributed by atoms with Crippen LogP contribution in [0.3, 0.4) is 0 Å². The third-order valence-corrected chi connectivity index (χ3v) is 3.69. The van der Waals surface area contributed by atoms with Gasteiger partial charge in [0.15, 0.2) is 0 Å². The smallest absolute Gasteiger partial charge is 0.320 e. The number of carboxylic acid groups (broad SMARTS) is 1. The average Bonchev–Trinajstić information content (AvgIpc) is 2.93. The molecule has 122 valence electrons. The minimum atomic E-state index is -1.12. The quantitative estimate of drug-likeness (QED) is 0.545. The molecule has 0 aliphatic heterocycles. The van der Waals surface area contributed by atoms with Gasteiger partial charge in [-0.1, -0.05) is 18.2 Å². The van der Waals surface area contributed by atoms with Gasteiger partial charge in [0.1, 0.15) is 11.7 Å². The number of nitro groups is 1. The molecule has 3 aromatic rings. The lowest BCUT2D eigenvalue weighted by Crippen LogP contribution is -2.32. The van der Waals surface area contributed by atoms with E-state index < -0.39 is 16.9 Å². The van der Waals surface area contributed by atoms with Crippen molar-refractivity contribution in [3.63, 3.8) is 0 Å². The minimum absolute atomic E-state index is 0.0541. The molecule has 1 unspecified atom stereocenters. The van der Waals surface area contributed by atoms with Crippen LogP contribution in [0, 0.1) is 10.1 Å². The van der Waals surface area contributed by atoms with Crippen molar-refractivity contribution >= 4 is 17.3 Å². The van der Waals surface area contributed by atoms with Gasteiger partial charge in [-0.2, -0.15) is 0 Å². The Hall–Kier alpha value is -3.26. The zero-order chi connectivity index (χ0) is 17.3. The monoisotopic (exact) mass is 326 g/mol. The Morgan fingerprint density at radius 3 is 2.83 bits per heavy atom. The van der Waals surface area contributed by atoms with Gasteiger partial charge in [0, 0.05) is 30.3 Å². The fourth-order valence-corrected chi connectivity index (χ4v) is 2.54. The molecule has 8 nitrogen and oxygen atoms in total. The fourth-order valence-electron chi connectivity index (χ4n) is 2.54. The van der Waals surface area contributed by atoms with Crippen LogP contribution in [0.4, 0.5) is 5.69 Å². The molecule has 0 aliphatic rings. The Bertz CT molecular complexity index is 935. The summed E-state index contributed by atoms with van der Waals surface area (Å²) in [6.45, 7) is 0. The summed E-state index contributed by atoms with van der Waals surface area (Å²) in [5, 5.41) is 20.1. The van der Waals surface area contributed by atoms with Gasteiger partial charge >= 0.3 is 5.97 Å². The molecule has 3 N–H and O–H groups in total. The van der Waals surface area contributed by atoms with Crippen molar-refractivity contribution in [2.45, 2.75) is 12.5 Å². The van der Waals surface area contributed by atoms with E-state index in [1.165, 1.54) is 12.1 Å². The van der Waals surface area contributed by atoms with Crippen LogP contribution in [0.1, 0.15) is 5.69 Å². The zero-order valence-corrected chi connectivity index (χ0v) is 12.5. The number of pyridine rings is 1. The van der Waals surface area contributed by atoms with E-state index in [1.54, 1.807) is 40.9 Å². The first-order valence-electron chi connectivity index (χ1n) is 7.16. The Morgan fingerprint density at radius 1 is 1.33 bits per heavy atom. The van der Waals surface area contributed by atoms with E-state index in [0.717, 1.165) is 0 Å². The number of imidazole rings is 1. The number of non-ortho nitro benzene ring substituents is 1. The number of hydrogen-bond donors (Lipinski definition) is 2. The third-order valence-electron chi connectivity index (χ3n) is 3.69. The van der Waals surface area contributed by atoms with Gasteiger partial charge in [-0.05, 0) is 12.1 Å². The van der Waals surface area contributed by atoms with Gasteiger partial charge in [0.25, 0.3) is 5.69 Å². The molecule has 0 bridgehead atoms. The molecule has 24 heavy (non-hydrogen) atoms. The van der Waals surface area contributed by atoms with Crippen LogP contribution in [-0.2, 0) is 11.2 Å². The summed E-state index contributed by atoms with van der Waals surface area (Å²) in [7, 11) is 0. The van der Waals surface area contributed by atoms with E-state index in [4.69, 9.17) is 10.8 Å². The Balaban J connectivity index is 2.18. The molecular formula is C16H14N4O4. The number of nitrogens with zero attached hydrogens (tertiary/aromatic N) is 3. The van der Waals surface area contributed by atoms with E-state index in [9.17, 15) is 14.9 Å². The first-order valence-corrected chi connectivity index (χ1v) is 7.16. The molecule has 8 heteroatoms. The number of hydrogen-bond acceptors (Lipinski definition) is 5. The lowest BCUT2D eigenvalue weighted by atomic mass is 10.0. The van der Waals surface area contributed by atoms with Crippen LogP contribution in [0.25, 0.3) is 16.9 Å². The van der Waals surface area contributed by atoms with Gasteiger partial charge in [-0.3, -0.25) is 14.9 Å². The Labute approximate surface area is 136 Å². The third kappa shape index (κ3) is 2.82. The van der Waals surface area contributed by atoms with E-state index >= 15 is 0 Å². The summed E-state index contributed by atoms with van der Waals surface area (Å²) in [5.41, 5.74) is 7.86. The lowest BCUT2D eigenvalue weighted by Gasteiger charge is -2.09. The van der Waals surface area contributed by atoms with Gasteiger partial charge in [0.05, 0.1) is 16.3 Å². The van der Waals surface area contributed by atoms with Crippen molar-refractivity contribution in [1.82, 2.24) is 9.38 Å². The number of aliphatic carboxylic acids is 1. The highest BCUT2D eigenvalue weighted by molar-refractivity contribution is 5.75. The molecule has 3 rings (SSSR count). The number of carboxylic acids is 1. The van der Waals surface area contributed by atoms with Crippen molar-refractivity contribution in [3.8, 4) is 11.3 Å². The van der Waals surface area contributed by atoms with Crippen molar-refractivity contribution in [1.29, 1.82) is 0 Å². The number of nitrogens with two attached hydrogens (primary N) is 1. The maximum atomic E-state index is 11.1. The molecule has 0 aliphatic carbocycles. The molecule has 0 saturated carbocycles.